The summed E-state index contributed by atoms with van der Waals surface area (Å²) in [5.74, 6) is 0. The minimum Gasteiger partial charge on any atom is -0.308 e. The van der Waals surface area contributed by atoms with Crippen LogP contribution in [0.5, 0.6) is 0 Å². The van der Waals surface area contributed by atoms with Gasteiger partial charge < -0.3 is 4.90 Å². The second kappa shape index (κ2) is 4.97. The number of rotatable bonds is 1. The van der Waals surface area contributed by atoms with E-state index in [1.54, 1.807) is 0 Å². The van der Waals surface area contributed by atoms with E-state index in [1.165, 1.54) is 22.5 Å². The molecule has 2 heterocycles. The van der Waals surface area contributed by atoms with Crippen molar-refractivity contribution >= 4 is 28.4 Å². The Morgan fingerprint density at radius 3 is 2.00 bits per heavy atom. The molecule has 1 aliphatic rings. The quantitative estimate of drug-likeness (QED) is 0.573. The van der Waals surface area contributed by atoms with E-state index in [0.29, 0.717) is 0 Å². The standard InChI is InChI=1S/C20H16N2S/c1-20(2)14-7-3-5-9-16(14)22(17-10-6-4-8-15(17)20)18-11-12-23-19(18)13-21/h3-12H,1-2H3. The number of nitriles is 1. The predicted molar refractivity (Wildman–Crippen MR) is 95.8 cm³/mol. The SMILES string of the molecule is CC1(C)c2ccccc2N(c2ccsc2C#N)c2ccccc21. The summed E-state index contributed by atoms with van der Waals surface area (Å²) in [6, 6.07) is 21.3. The van der Waals surface area contributed by atoms with Crippen molar-refractivity contribution in [2.45, 2.75) is 19.3 Å². The number of benzene rings is 2. The lowest BCUT2D eigenvalue weighted by atomic mass is 9.73. The summed E-state index contributed by atoms with van der Waals surface area (Å²) in [6.07, 6.45) is 0. The number of hydrogen-bond acceptors (Lipinski definition) is 3. The molecule has 1 aliphatic heterocycles. The average Bonchev–Trinajstić information content (AvgIpc) is 3.04. The molecule has 112 valence electrons. The summed E-state index contributed by atoms with van der Waals surface area (Å²) < 4.78 is 0. The second-order valence-corrected chi connectivity index (χ2v) is 7.16. The van der Waals surface area contributed by atoms with E-state index in [9.17, 15) is 5.26 Å². The van der Waals surface area contributed by atoms with Crippen LogP contribution in [0.25, 0.3) is 0 Å². The van der Waals surface area contributed by atoms with Gasteiger partial charge in [-0.25, -0.2) is 0 Å². The molecule has 0 amide bonds. The minimum atomic E-state index is -0.0630. The highest BCUT2D eigenvalue weighted by molar-refractivity contribution is 7.11. The van der Waals surface area contributed by atoms with E-state index in [1.807, 2.05) is 11.4 Å². The van der Waals surface area contributed by atoms with E-state index < -0.39 is 0 Å². The van der Waals surface area contributed by atoms with Gasteiger partial charge in [-0.15, -0.1) is 11.3 Å². The Balaban J connectivity index is 2.07. The molecule has 0 radical (unpaired) electrons. The van der Waals surface area contributed by atoms with Crippen molar-refractivity contribution in [2.24, 2.45) is 0 Å². The Labute approximate surface area is 140 Å². The zero-order valence-corrected chi connectivity index (χ0v) is 13.9. The van der Waals surface area contributed by atoms with Gasteiger partial charge in [-0.3, -0.25) is 0 Å². The van der Waals surface area contributed by atoms with Gasteiger partial charge in [-0.1, -0.05) is 50.2 Å². The van der Waals surface area contributed by atoms with Crippen molar-refractivity contribution in [1.29, 1.82) is 5.26 Å². The van der Waals surface area contributed by atoms with E-state index >= 15 is 0 Å². The lowest BCUT2D eigenvalue weighted by molar-refractivity contribution is 0.632. The highest BCUT2D eigenvalue weighted by Gasteiger charge is 2.37. The van der Waals surface area contributed by atoms with Gasteiger partial charge in [0, 0.05) is 5.41 Å². The van der Waals surface area contributed by atoms with E-state index in [4.69, 9.17) is 0 Å². The molecule has 0 N–H and O–H groups in total. The Morgan fingerprint density at radius 2 is 1.43 bits per heavy atom. The van der Waals surface area contributed by atoms with Gasteiger partial charge >= 0.3 is 0 Å². The van der Waals surface area contributed by atoms with Gasteiger partial charge in [-0.05, 0) is 34.7 Å². The normalized spacial score (nSPS) is 14.7. The minimum absolute atomic E-state index is 0.0630. The number of hydrogen-bond donors (Lipinski definition) is 0. The first kappa shape index (κ1) is 14.0. The molecule has 2 nitrogen and oxygen atoms in total. The first-order chi connectivity index (χ1) is 11.1. The molecule has 3 aromatic rings. The fraction of sp³-hybridized carbons (Fsp3) is 0.150. The van der Waals surface area contributed by atoms with Crippen LogP contribution in [0.3, 0.4) is 0 Å². The average molecular weight is 316 g/mol. The maximum absolute atomic E-state index is 9.47. The van der Waals surface area contributed by atoms with Crippen molar-refractivity contribution in [1.82, 2.24) is 0 Å². The highest BCUT2D eigenvalue weighted by atomic mass is 32.1. The van der Waals surface area contributed by atoms with E-state index in [-0.39, 0.29) is 5.41 Å². The highest BCUT2D eigenvalue weighted by Crippen LogP contribution is 2.52. The number of para-hydroxylation sites is 2. The van der Waals surface area contributed by atoms with Gasteiger partial charge in [0.05, 0.1) is 17.1 Å². The van der Waals surface area contributed by atoms with Crippen LogP contribution in [-0.2, 0) is 5.41 Å². The Kier molecular flexibility index (Phi) is 3.04. The summed E-state index contributed by atoms with van der Waals surface area (Å²) in [4.78, 5) is 2.97. The summed E-state index contributed by atoms with van der Waals surface area (Å²) in [6.45, 7) is 4.53. The lowest BCUT2D eigenvalue weighted by Gasteiger charge is -2.41. The van der Waals surface area contributed by atoms with Crippen molar-refractivity contribution in [3.05, 3.63) is 76.0 Å². The Bertz CT molecular complexity index is 881. The molecule has 0 bridgehead atoms. The molecular formula is C20H16N2S. The van der Waals surface area contributed by atoms with Crippen LogP contribution in [0.2, 0.25) is 0 Å². The number of thiophene rings is 1. The topological polar surface area (TPSA) is 27.0 Å². The van der Waals surface area contributed by atoms with E-state index in [2.05, 4.69) is 73.3 Å². The number of nitrogens with zero attached hydrogens (tertiary/aromatic N) is 2. The molecule has 2 aromatic carbocycles. The van der Waals surface area contributed by atoms with Crippen molar-refractivity contribution in [3.63, 3.8) is 0 Å². The van der Waals surface area contributed by atoms with Crippen LogP contribution in [0.15, 0.2) is 60.0 Å². The van der Waals surface area contributed by atoms with Crippen LogP contribution in [0.4, 0.5) is 17.1 Å². The predicted octanol–water partition coefficient (Wildman–Crippen LogP) is 5.73. The van der Waals surface area contributed by atoms with Gasteiger partial charge in [0.1, 0.15) is 10.9 Å². The first-order valence-electron chi connectivity index (χ1n) is 7.61. The largest absolute Gasteiger partial charge is 0.308 e. The zero-order valence-electron chi connectivity index (χ0n) is 13.1. The molecule has 0 atom stereocenters. The summed E-state index contributed by atoms with van der Waals surface area (Å²) in [5, 5.41) is 11.5. The van der Waals surface area contributed by atoms with Gasteiger partial charge in [0.25, 0.3) is 0 Å². The maximum atomic E-state index is 9.47. The van der Waals surface area contributed by atoms with Crippen molar-refractivity contribution in [2.75, 3.05) is 4.90 Å². The van der Waals surface area contributed by atoms with Gasteiger partial charge in [0.2, 0.25) is 0 Å². The fourth-order valence-electron chi connectivity index (χ4n) is 3.49. The molecule has 0 fully saturated rings. The third kappa shape index (κ3) is 1.92. The zero-order chi connectivity index (χ0) is 16.0. The lowest BCUT2D eigenvalue weighted by Crippen LogP contribution is -2.30. The molecule has 3 heteroatoms. The van der Waals surface area contributed by atoms with Crippen LogP contribution in [0, 0.1) is 11.3 Å². The smallest absolute Gasteiger partial charge is 0.128 e. The molecule has 0 aliphatic carbocycles. The van der Waals surface area contributed by atoms with Gasteiger partial charge in [-0.2, -0.15) is 5.26 Å². The third-order valence-corrected chi connectivity index (χ3v) is 5.43. The van der Waals surface area contributed by atoms with Gasteiger partial charge in [0.15, 0.2) is 0 Å². The van der Waals surface area contributed by atoms with Crippen molar-refractivity contribution < 1.29 is 0 Å². The van der Waals surface area contributed by atoms with Crippen LogP contribution in [-0.4, -0.2) is 0 Å². The van der Waals surface area contributed by atoms with E-state index in [0.717, 1.165) is 21.9 Å². The van der Waals surface area contributed by atoms with Crippen LogP contribution >= 0.6 is 11.3 Å². The molecule has 0 saturated heterocycles. The second-order valence-electron chi connectivity index (χ2n) is 6.24. The van der Waals surface area contributed by atoms with Crippen molar-refractivity contribution in [3.8, 4) is 6.07 Å². The molecule has 0 spiro atoms. The molecule has 4 rings (SSSR count). The Morgan fingerprint density at radius 1 is 0.870 bits per heavy atom. The van der Waals surface area contributed by atoms with Crippen LogP contribution in [0.1, 0.15) is 29.9 Å². The first-order valence-corrected chi connectivity index (χ1v) is 8.49. The number of fused-ring (bicyclic) bond motifs is 2. The summed E-state index contributed by atoms with van der Waals surface area (Å²) in [7, 11) is 0. The molecule has 0 unspecified atom stereocenters. The monoisotopic (exact) mass is 316 g/mol. The maximum Gasteiger partial charge on any atom is 0.128 e. The molecule has 0 saturated carbocycles. The Hall–Kier alpha value is -2.57. The van der Waals surface area contributed by atoms with Crippen LogP contribution < -0.4 is 4.90 Å². The molecule has 1 aromatic heterocycles. The summed E-state index contributed by atoms with van der Waals surface area (Å²) in [5.41, 5.74) is 5.79. The third-order valence-electron chi connectivity index (χ3n) is 4.62. The molecular weight excluding hydrogens is 300 g/mol. The fourth-order valence-corrected chi connectivity index (χ4v) is 4.16. The molecule has 23 heavy (non-hydrogen) atoms. The summed E-state index contributed by atoms with van der Waals surface area (Å²) >= 11 is 1.49. The number of anilines is 3.